The van der Waals surface area contributed by atoms with E-state index in [0.717, 1.165) is 57.7 Å². The summed E-state index contributed by atoms with van der Waals surface area (Å²) in [4.78, 5) is 18.4. The van der Waals surface area contributed by atoms with Gasteiger partial charge in [-0.05, 0) is 72.0 Å². The van der Waals surface area contributed by atoms with Crippen LogP contribution in [0.3, 0.4) is 0 Å². The summed E-state index contributed by atoms with van der Waals surface area (Å²) in [6.45, 7) is 4.85. The standard InChI is InChI=1S/C34H35N3O4/c1-6-24-11-8-23(17-33(38)25-18-27(40-4)20-28(19-25)41-5)16-30(24)32-15-14-29-31(7-2)36-37(34(29)35-32)21-22-9-12-26(39-3)13-10-22/h8-16,18-20H,6-7,17,21H2,1-5H3. The highest BCUT2D eigenvalue weighted by molar-refractivity contribution is 5.98. The van der Waals surface area contributed by atoms with Crippen LogP contribution in [0.4, 0.5) is 0 Å². The quantitative estimate of drug-likeness (QED) is 0.170. The maximum Gasteiger partial charge on any atom is 0.167 e. The molecule has 41 heavy (non-hydrogen) atoms. The van der Waals surface area contributed by atoms with E-state index in [9.17, 15) is 4.79 Å². The Balaban J connectivity index is 1.50. The molecule has 2 aromatic heterocycles. The van der Waals surface area contributed by atoms with Gasteiger partial charge in [0, 0.05) is 29.0 Å². The number of ether oxygens (including phenoxy) is 3. The summed E-state index contributed by atoms with van der Waals surface area (Å²) < 4.78 is 18.0. The Bertz CT molecular complexity index is 1670. The summed E-state index contributed by atoms with van der Waals surface area (Å²) in [6, 6.07) is 23.7. The number of nitrogens with zero attached hydrogens (tertiary/aromatic N) is 3. The molecule has 0 spiro atoms. The van der Waals surface area contributed by atoms with Crippen molar-refractivity contribution in [2.75, 3.05) is 21.3 Å². The topological polar surface area (TPSA) is 75.5 Å². The maximum atomic E-state index is 13.3. The number of hydrogen-bond acceptors (Lipinski definition) is 6. The van der Waals surface area contributed by atoms with Crippen molar-refractivity contribution < 1.29 is 19.0 Å². The van der Waals surface area contributed by atoms with E-state index in [1.165, 1.54) is 5.56 Å². The van der Waals surface area contributed by atoms with Gasteiger partial charge in [0.2, 0.25) is 0 Å². The molecule has 0 saturated carbocycles. The maximum absolute atomic E-state index is 13.3. The first-order chi connectivity index (χ1) is 20.0. The highest BCUT2D eigenvalue weighted by Crippen LogP contribution is 2.29. The fourth-order valence-electron chi connectivity index (χ4n) is 5.08. The molecule has 2 heterocycles. The fraction of sp³-hybridized carbons (Fsp3) is 0.265. The van der Waals surface area contributed by atoms with Crippen molar-refractivity contribution in [3.63, 3.8) is 0 Å². The first kappa shape index (κ1) is 27.9. The number of aromatic nitrogens is 3. The van der Waals surface area contributed by atoms with Crippen LogP contribution in [0.5, 0.6) is 17.2 Å². The second kappa shape index (κ2) is 12.3. The Kier molecular flexibility index (Phi) is 8.34. The highest BCUT2D eigenvalue weighted by Gasteiger charge is 2.16. The van der Waals surface area contributed by atoms with Crippen LogP contribution < -0.4 is 14.2 Å². The van der Waals surface area contributed by atoms with Crippen molar-refractivity contribution in [2.45, 2.75) is 39.7 Å². The van der Waals surface area contributed by atoms with Crippen LogP contribution in [-0.4, -0.2) is 41.9 Å². The number of benzene rings is 3. The minimum atomic E-state index is -0.00837. The fourth-order valence-corrected chi connectivity index (χ4v) is 5.08. The zero-order valence-electron chi connectivity index (χ0n) is 24.2. The van der Waals surface area contributed by atoms with Gasteiger partial charge in [0.05, 0.1) is 39.3 Å². The molecule has 0 saturated heterocycles. The van der Waals surface area contributed by atoms with Gasteiger partial charge < -0.3 is 14.2 Å². The van der Waals surface area contributed by atoms with Crippen molar-refractivity contribution in [1.29, 1.82) is 0 Å². The van der Waals surface area contributed by atoms with E-state index in [1.807, 2.05) is 22.9 Å². The molecule has 0 fully saturated rings. The van der Waals surface area contributed by atoms with Gasteiger partial charge in [-0.3, -0.25) is 4.79 Å². The zero-order valence-corrected chi connectivity index (χ0v) is 24.2. The van der Waals surface area contributed by atoms with Gasteiger partial charge in [-0.15, -0.1) is 0 Å². The van der Waals surface area contributed by atoms with Crippen molar-refractivity contribution in [1.82, 2.24) is 14.8 Å². The van der Waals surface area contributed by atoms with Crippen LogP contribution in [0.2, 0.25) is 0 Å². The molecule has 0 atom stereocenters. The molecule has 5 aromatic rings. The molecule has 0 N–H and O–H groups in total. The molecule has 0 radical (unpaired) electrons. The summed E-state index contributed by atoms with van der Waals surface area (Å²) in [5.41, 5.74) is 7.53. The molecule has 0 unspecified atom stereocenters. The van der Waals surface area contributed by atoms with E-state index < -0.39 is 0 Å². The van der Waals surface area contributed by atoms with Gasteiger partial charge in [-0.2, -0.15) is 5.10 Å². The lowest BCUT2D eigenvalue weighted by atomic mass is 9.95. The molecule has 210 valence electrons. The number of fused-ring (bicyclic) bond motifs is 1. The van der Waals surface area contributed by atoms with Gasteiger partial charge in [0.1, 0.15) is 17.2 Å². The van der Waals surface area contributed by atoms with Crippen molar-refractivity contribution in [3.05, 3.63) is 101 Å². The molecular weight excluding hydrogens is 514 g/mol. The zero-order chi connectivity index (χ0) is 28.9. The van der Waals surface area contributed by atoms with Crippen LogP contribution in [0, 0.1) is 0 Å². The van der Waals surface area contributed by atoms with Gasteiger partial charge in [-0.1, -0.05) is 38.1 Å². The first-order valence-corrected chi connectivity index (χ1v) is 13.8. The van der Waals surface area contributed by atoms with E-state index in [0.29, 0.717) is 23.6 Å². The van der Waals surface area contributed by atoms with Gasteiger partial charge in [-0.25, -0.2) is 9.67 Å². The first-order valence-electron chi connectivity index (χ1n) is 13.8. The monoisotopic (exact) mass is 549 g/mol. The van der Waals surface area contributed by atoms with E-state index in [4.69, 9.17) is 24.3 Å². The van der Waals surface area contributed by atoms with E-state index in [2.05, 4.69) is 50.2 Å². The average Bonchev–Trinajstić information content (AvgIpc) is 3.37. The SMILES string of the molecule is CCc1ccc(CC(=O)c2cc(OC)cc(OC)c2)cc1-c1ccc2c(CC)nn(Cc3ccc(OC)cc3)c2n1. The lowest BCUT2D eigenvalue weighted by Crippen LogP contribution is -2.06. The number of rotatable bonds is 11. The molecule has 0 amide bonds. The minimum Gasteiger partial charge on any atom is -0.497 e. The third kappa shape index (κ3) is 5.94. The molecule has 0 aliphatic heterocycles. The lowest BCUT2D eigenvalue weighted by molar-refractivity contribution is 0.0992. The van der Waals surface area contributed by atoms with Gasteiger partial charge in [0.15, 0.2) is 11.4 Å². The predicted molar refractivity (Wildman–Crippen MR) is 161 cm³/mol. The number of Topliss-reactive ketones (excluding diaryl/α,β-unsaturated/α-hetero) is 1. The molecular formula is C34H35N3O4. The molecule has 0 bridgehead atoms. The lowest BCUT2D eigenvalue weighted by Gasteiger charge is -2.12. The predicted octanol–water partition coefficient (Wildman–Crippen LogP) is 6.72. The average molecular weight is 550 g/mol. The molecule has 7 nitrogen and oxygen atoms in total. The number of carbonyl (C=O) groups excluding carboxylic acids is 1. The van der Waals surface area contributed by atoms with E-state index >= 15 is 0 Å². The Hall–Kier alpha value is -4.65. The Morgan fingerprint density at radius 1 is 0.756 bits per heavy atom. The van der Waals surface area contributed by atoms with Crippen LogP contribution >= 0.6 is 0 Å². The van der Waals surface area contributed by atoms with Gasteiger partial charge >= 0.3 is 0 Å². The number of hydrogen-bond donors (Lipinski definition) is 0. The number of ketones is 1. The molecule has 0 aliphatic rings. The smallest absolute Gasteiger partial charge is 0.167 e. The highest BCUT2D eigenvalue weighted by atomic mass is 16.5. The van der Waals surface area contributed by atoms with E-state index in [-0.39, 0.29) is 12.2 Å². The second-order valence-corrected chi connectivity index (χ2v) is 9.92. The minimum absolute atomic E-state index is 0.00837. The second-order valence-electron chi connectivity index (χ2n) is 9.92. The van der Waals surface area contributed by atoms with Crippen LogP contribution in [0.15, 0.2) is 72.8 Å². The number of carbonyl (C=O) groups is 1. The van der Waals surface area contributed by atoms with Crippen molar-refractivity contribution in [3.8, 4) is 28.5 Å². The Morgan fingerprint density at radius 3 is 2.07 bits per heavy atom. The van der Waals surface area contributed by atoms with Crippen LogP contribution in [-0.2, 0) is 25.8 Å². The molecule has 3 aromatic carbocycles. The van der Waals surface area contributed by atoms with Crippen LogP contribution in [0.25, 0.3) is 22.3 Å². The summed E-state index contributed by atoms with van der Waals surface area (Å²) in [5, 5.41) is 5.96. The Morgan fingerprint density at radius 2 is 1.44 bits per heavy atom. The third-order valence-electron chi connectivity index (χ3n) is 7.37. The number of aryl methyl sites for hydroxylation is 2. The normalized spacial score (nSPS) is 11.0. The molecule has 7 heteroatoms. The summed E-state index contributed by atoms with van der Waals surface area (Å²) in [7, 11) is 4.82. The van der Waals surface area contributed by atoms with Crippen molar-refractivity contribution in [2.24, 2.45) is 0 Å². The third-order valence-corrected chi connectivity index (χ3v) is 7.37. The van der Waals surface area contributed by atoms with Crippen LogP contribution in [0.1, 0.15) is 46.6 Å². The summed E-state index contributed by atoms with van der Waals surface area (Å²) in [6.07, 6.45) is 1.92. The largest absolute Gasteiger partial charge is 0.497 e. The van der Waals surface area contributed by atoms with Crippen molar-refractivity contribution >= 4 is 16.8 Å². The number of methoxy groups -OCH3 is 3. The Labute approximate surface area is 240 Å². The summed E-state index contributed by atoms with van der Waals surface area (Å²) >= 11 is 0. The van der Waals surface area contributed by atoms with Gasteiger partial charge in [0.25, 0.3) is 0 Å². The molecule has 0 aliphatic carbocycles. The number of pyridine rings is 1. The summed E-state index contributed by atoms with van der Waals surface area (Å²) in [5.74, 6) is 1.99. The van der Waals surface area contributed by atoms with E-state index in [1.54, 1.807) is 39.5 Å². The molecule has 5 rings (SSSR count).